The van der Waals surface area contributed by atoms with Crippen molar-refractivity contribution in [2.75, 3.05) is 18.0 Å². The number of aromatic nitrogens is 2. The van der Waals surface area contributed by atoms with Crippen molar-refractivity contribution in [1.82, 2.24) is 9.97 Å². The Morgan fingerprint density at radius 1 is 0.593 bits per heavy atom. The second kappa shape index (κ2) is 7.58. The van der Waals surface area contributed by atoms with E-state index in [1.165, 1.54) is 5.69 Å². The normalized spacial score (nSPS) is 10.9. The molecule has 0 unspecified atom stereocenters. The lowest BCUT2D eigenvalue weighted by Crippen LogP contribution is -2.21. The van der Waals surface area contributed by atoms with E-state index in [1.807, 2.05) is 42.5 Å². The lowest BCUT2D eigenvalue weighted by molar-refractivity contribution is 0.866. The van der Waals surface area contributed by atoms with Crippen LogP contribution in [-0.4, -0.2) is 23.1 Å². The first-order chi connectivity index (χ1) is 13.3. The molecule has 0 aliphatic carbocycles. The molecule has 134 valence electrons. The van der Waals surface area contributed by atoms with Gasteiger partial charge in [-0.25, -0.2) is 9.97 Å². The molecule has 3 nitrogen and oxygen atoms in total. The van der Waals surface area contributed by atoms with Gasteiger partial charge >= 0.3 is 0 Å². The number of anilines is 1. The minimum absolute atomic E-state index is 0.917. The molecule has 0 saturated carbocycles. The average Bonchev–Trinajstić information content (AvgIpc) is 2.75. The van der Waals surface area contributed by atoms with Crippen LogP contribution in [0.4, 0.5) is 5.69 Å². The summed E-state index contributed by atoms with van der Waals surface area (Å²) in [7, 11) is 0. The Labute approximate surface area is 160 Å². The molecule has 0 fully saturated rings. The van der Waals surface area contributed by atoms with Gasteiger partial charge in [0.2, 0.25) is 0 Å². The van der Waals surface area contributed by atoms with E-state index in [0.717, 1.165) is 46.6 Å². The summed E-state index contributed by atoms with van der Waals surface area (Å²) >= 11 is 0. The molecular weight excluding hydrogens is 330 g/mol. The van der Waals surface area contributed by atoms with Crippen molar-refractivity contribution in [3.8, 4) is 22.5 Å². The summed E-state index contributed by atoms with van der Waals surface area (Å²) in [5, 5.41) is 0. The third kappa shape index (κ3) is 3.41. The summed E-state index contributed by atoms with van der Waals surface area (Å²) in [5.41, 5.74) is 7.08. The molecule has 0 aliphatic rings. The molecule has 0 amide bonds. The topological polar surface area (TPSA) is 29.0 Å². The fourth-order valence-corrected chi connectivity index (χ4v) is 3.42. The van der Waals surface area contributed by atoms with Crippen molar-refractivity contribution in [3.63, 3.8) is 0 Å². The van der Waals surface area contributed by atoms with Gasteiger partial charge in [-0.3, -0.25) is 0 Å². The van der Waals surface area contributed by atoms with Crippen LogP contribution in [0.3, 0.4) is 0 Å². The van der Waals surface area contributed by atoms with Crippen molar-refractivity contribution < 1.29 is 0 Å². The van der Waals surface area contributed by atoms with Crippen molar-refractivity contribution in [1.29, 1.82) is 0 Å². The van der Waals surface area contributed by atoms with Gasteiger partial charge in [0.15, 0.2) is 0 Å². The predicted octanol–water partition coefficient (Wildman–Crippen LogP) is 5.81. The molecule has 4 aromatic rings. The van der Waals surface area contributed by atoms with Crippen LogP contribution in [-0.2, 0) is 0 Å². The van der Waals surface area contributed by atoms with Gasteiger partial charge in [-0.15, -0.1) is 0 Å². The lowest BCUT2D eigenvalue weighted by atomic mass is 10.0. The Morgan fingerprint density at radius 2 is 1.07 bits per heavy atom. The van der Waals surface area contributed by atoms with E-state index >= 15 is 0 Å². The SMILES string of the molecule is CCN(CC)c1ccc(-c2nc3ccccc3nc2-c2ccccc2)cc1. The van der Waals surface area contributed by atoms with Gasteiger partial charge in [0, 0.05) is 29.9 Å². The number of para-hydroxylation sites is 2. The van der Waals surface area contributed by atoms with Crippen molar-refractivity contribution in [2.24, 2.45) is 0 Å². The number of hydrogen-bond donors (Lipinski definition) is 0. The number of hydrogen-bond acceptors (Lipinski definition) is 3. The Morgan fingerprint density at radius 3 is 1.59 bits per heavy atom. The molecule has 0 saturated heterocycles. The van der Waals surface area contributed by atoms with Gasteiger partial charge in [-0.1, -0.05) is 54.6 Å². The van der Waals surface area contributed by atoms with Gasteiger partial charge < -0.3 is 4.90 Å². The summed E-state index contributed by atoms with van der Waals surface area (Å²) in [6.45, 7) is 6.36. The van der Waals surface area contributed by atoms with Crippen LogP contribution in [0.5, 0.6) is 0 Å². The minimum atomic E-state index is 0.917. The maximum Gasteiger partial charge on any atom is 0.0973 e. The Balaban J connectivity index is 1.87. The molecule has 0 spiro atoms. The maximum absolute atomic E-state index is 4.96. The average molecular weight is 353 g/mol. The van der Waals surface area contributed by atoms with E-state index in [9.17, 15) is 0 Å². The van der Waals surface area contributed by atoms with E-state index < -0.39 is 0 Å². The molecule has 0 N–H and O–H groups in total. The van der Waals surface area contributed by atoms with E-state index in [2.05, 4.69) is 55.1 Å². The fourth-order valence-electron chi connectivity index (χ4n) is 3.42. The predicted molar refractivity (Wildman–Crippen MR) is 114 cm³/mol. The number of nitrogens with zero attached hydrogens (tertiary/aromatic N) is 3. The van der Waals surface area contributed by atoms with Crippen LogP contribution < -0.4 is 4.90 Å². The third-order valence-electron chi connectivity index (χ3n) is 4.89. The quantitative estimate of drug-likeness (QED) is 0.453. The maximum atomic E-state index is 4.96. The highest BCUT2D eigenvalue weighted by molar-refractivity contribution is 5.86. The monoisotopic (exact) mass is 353 g/mol. The molecule has 3 aromatic carbocycles. The van der Waals surface area contributed by atoms with Gasteiger partial charge in [0.05, 0.1) is 22.4 Å². The molecule has 0 atom stereocenters. The highest BCUT2D eigenvalue weighted by atomic mass is 15.1. The Kier molecular flexibility index (Phi) is 4.84. The van der Waals surface area contributed by atoms with Gasteiger partial charge in [-0.2, -0.15) is 0 Å². The number of rotatable bonds is 5. The summed E-state index contributed by atoms with van der Waals surface area (Å²) in [6, 6.07) is 27.0. The molecule has 3 heteroatoms. The van der Waals surface area contributed by atoms with Crippen LogP contribution in [0.1, 0.15) is 13.8 Å². The molecule has 0 aliphatic heterocycles. The van der Waals surface area contributed by atoms with Crippen LogP contribution >= 0.6 is 0 Å². The zero-order valence-electron chi connectivity index (χ0n) is 15.8. The van der Waals surface area contributed by atoms with Crippen molar-refractivity contribution >= 4 is 16.7 Å². The Hall–Kier alpha value is -3.20. The summed E-state index contributed by atoms with van der Waals surface area (Å²) in [6.07, 6.45) is 0. The van der Waals surface area contributed by atoms with Crippen LogP contribution in [0.25, 0.3) is 33.5 Å². The molecule has 1 heterocycles. The summed E-state index contributed by atoms with van der Waals surface area (Å²) in [4.78, 5) is 12.2. The van der Waals surface area contributed by atoms with Crippen molar-refractivity contribution in [2.45, 2.75) is 13.8 Å². The van der Waals surface area contributed by atoms with E-state index in [0.29, 0.717) is 0 Å². The van der Waals surface area contributed by atoms with Crippen LogP contribution in [0.15, 0.2) is 78.9 Å². The largest absolute Gasteiger partial charge is 0.372 e. The molecule has 0 bridgehead atoms. The van der Waals surface area contributed by atoms with E-state index in [1.54, 1.807) is 0 Å². The number of fused-ring (bicyclic) bond motifs is 1. The molecule has 1 aromatic heterocycles. The molecule has 0 radical (unpaired) electrons. The summed E-state index contributed by atoms with van der Waals surface area (Å²) < 4.78 is 0. The van der Waals surface area contributed by atoms with E-state index in [4.69, 9.17) is 9.97 Å². The van der Waals surface area contributed by atoms with Crippen LogP contribution in [0, 0.1) is 0 Å². The minimum Gasteiger partial charge on any atom is -0.372 e. The first-order valence-electron chi connectivity index (χ1n) is 9.47. The Bertz CT molecular complexity index is 1040. The zero-order valence-corrected chi connectivity index (χ0v) is 15.8. The molecular formula is C24H23N3. The van der Waals surface area contributed by atoms with Crippen molar-refractivity contribution in [3.05, 3.63) is 78.9 Å². The molecule has 27 heavy (non-hydrogen) atoms. The first kappa shape index (κ1) is 17.2. The molecule has 4 rings (SSSR count). The zero-order chi connectivity index (χ0) is 18.6. The van der Waals surface area contributed by atoms with Gasteiger partial charge in [0.1, 0.15) is 0 Å². The van der Waals surface area contributed by atoms with Gasteiger partial charge in [-0.05, 0) is 38.1 Å². The van der Waals surface area contributed by atoms with Crippen LogP contribution in [0.2, 0.25) is 0 Å². The second-order valence-electron chi connectivity index (χ2n) is 6.49. The van der Waals surface area contributed by atoms with Gasteiger partial charge in [0.25, 0.3) is 0 Å². The highest BCUT2D eigenvalue weighted by Crippen LogP contribution is 2.31. The third-order valence-corrected chi connectivity index (χ3v) is 4.89. The number of benzene rings is 3. The fraction of sp³-hybridized carbons (Fsp3) is 0.167. The first-order valence-corrected chi connectivity index (χ1v) is 9.47. The summed E-state index contributed by atoms with van der Waals surface area (Å²) in [5.74, 6) is 0. The lowest BCUT2D eigenvalue weighted by Gasteiger charge is -2.21. The van der Waals surface area contributed by atoms with E-state index in [-0.39, 0.29) is 0 Å². The standard InChI is InChI=1S/C24H23N3/c1-3-27(4-2)20-16-14-19(15-17-20)24-23(18-10-6-5-7-11-18)25-21-12-8-9-13-22(21)26-24/h5-17H,3-4H2,1-2H3. The highest BCUT2D eigenvalue weighted by Gasteiger charge is 2.13. The second-order valence-corrected chi connectivity index (χ2v) is 6.49. The smallest absolute Gasteiger partial charge is 0.0973 e.